The van der Waals surface area contributed by atoms with Crippen molar-refractivity contribution in [2.24, 2.45) is 0 Å². The normalized spacial score (nSPS) is 15.1. The van der Waals surface area contributed by atoms with Crippen LogP contribution >= 0.6 is 0 Å². The van der Waals surface area contributed by atoms with E-state index in [-0.39, 0.29) is 5.91 Å². The van der Waals surface area contributed by atoms with Crippen LogP contribution in [-0.4, -0.2) is 43.5 Å². The Morgan fingerprint density at radius 3 is 2.57 bits per heavy atom. The van der Waals surface area contributed by atoms with Crippen molar-refractivity contribution in [2.45, 2.75) is 46.5 Å². The van der Waals surface area contributed by atoms with E-state index in [1.54, 1.807) is 4.52 Å². The van der Waals surface area contributed by atoms with Crippen LogP contribution in [0.1, 0.15) is 42.0 Å². The minimum Gasteiger partial charge on any atom is -0.343 e. The maximum absolute atomic E-state index is 12.2. The van der Waals surface area contributed by atoms with E-state index in [2.05, 4.69) is 15.1 Å². The molecule has 1 fully saturated rings. The van der Waals surface area contributed by atoms with Crippen LogP contribution in [0.2, 0.25) is 0 Å². The van der Waals surface area contributed by atoms with Crippen molar-refractivity contribution in [3.05, 3.63) is 22.8 Å². The van der Waals surface area contributed by atoms with E-state index in [0.717, 1.165) is 55.1 Å². The lowest BCUT2D eigenvalue weighted by atomic mass is 10.1. The van der Waals surface area contributed by atoms with Gasteiger partial charge in [-0.15, -0.1) is 0 Å². The quantitative estimate of drug-likeness (QED) is 0.860. The van der Waals surface area contributed by atoms with E-state index in [1.807, 2.05) is 25.7 Å². The molecule has 1 aliphatic rings. The lowest BCUT2D eigenvalue weighted by Gasteiger charge is -2.16. The first-order valence-electron chi connectivity index (χ1n) is 7.53. The molecule has 0 unspecified atom stereocenters. The lowest BCUT2D eigenvalue weighted by Crippen LogP contribution is -2.28. The highest BCUT2D eigenvalue weighted by molar-refractivity contribution is 5.76. The van der Waals surface area contributed by atoms with Crippen molar-refractivity contribution in [3.8, 4) is 0 Å². The number of fused-ring (bicyclic) bond motifs is 1. The molecule has 1 saturated heterocycles. The van der Waals surface area contributed by atoms with E-state index in [1.165, 1.54) is 0 Å². The van der Waals surface area contributed by atoms with Crippen LogP contribution in [-0.2, 0) is 11.2 Å². The molecule has 1 aliphatic heterocycles. The number of nitrogens with zero attached hydrogens (tertiary/aromatic N) is 5. The second-order valence-corrected chi connectivity index (χ2v) is 5.72. The maximum atomic E-state index is 12.2. The molecule has 3 heterocycles. The SMILES string of the molecule is Cc1nc2nc(C)c(CCC(=O)N3CCCC3)c(C)n2n1. The molecule has 0 aromatic carbocycles. The van der Waals surface area contributed by atoms with Crippen molar-refractivity contribution in [1.29, 1.82) is 0 Å². The third-order valence-electron chi connectivity index (χ3n) is 4.20. The van der Waals surface area contributed by atoms with E-state index in [0.29, 0.717) is 12.2 Å². The summed E-state index contributed by atoms with van der Waals surface area (Å²) < 4.78 is 1.78. The molecule has 1 amide bonds. The number of aryl methyl sites for hydroxylation is 3. The van der Waals surface area contributed by atoms with Gasteiger partial charge < -0.3 is 4.90 Å². The molecule has 21 heavy (non-hydrogen) atoms. The molecule has 2 aromatic heterocycles. The van der Waals surface area contributed by atoms with Crippen molar-refractivity contribution in [2.75, 3.05) is 13.1 Å². The summed E-state index contributed by atoms with van der Waals surface area (Å²) in [5.74, 6) is 1.61. The van der Waals surface area contributed by atoms with E-state index in [4.69, 9.17) is 0 Å². The van der Waals surface area contributed by atoms with Gasteiger partial charge in [0.05, 0.1) is 0 Å². The van der Waals surface area contributed by atoms with Gasteiger partial charge in [-0.05, 0) is 45.6 Å². The molecular weight excluding hydrogens is 266 g/mol. The standard InChI is InChI=1S/C15H21N5O/c1-10-13(6-7-14(21)19-8-4-5-9-19)11(2)20-15(16-10)17-12(3)18-20/h4-9H2,1-3H3. The van der Waals surface area contributed by atoms with Crippen molar-refractivity contribution in [1.82, 2.24) is 24.5 Å². The molecular formula is C15H21N5O. The Labute approximate surface area is 124 Å². The third kappa shape index (κ3) is 2.62. The van der Waals surface area contributed by atoms with Gasteiger partial charge in [0.1, 0.15) is 5.82 Å². The first kappa shape index (κ1) is 14.0. The maximum Gasteiger partial charge on any atom is 0.252 e. The number of hydrogen-bond acceptors (Lipinski definition) is 4. The van der Waals surface area contributed by atoms with E-state index in [9.17, 15) is 4.79 Å². The van der Waals surface area contributed by atoms with Gasteiger partial charge >= 0.3 is 0 Å². The molecule has 2 aromatic rings. The van der Waals surface area contributed by atoms with Crippen LogP contribution in [0.15, 0.2) is 0 Å². The monoisotopic (exact) mass is 287 g/mol. The van der Waals surface area contributed by atoms with Gasteiger partial charge in [0.2, 0.25) is 5.91 Å². The molecule has 0 saturated carbocycles. The number of carbonyl (C=O) groups excluding carboxylic acids is 1. The van der Waals surface area contributed by atoms with Crippen LogP contribution in [0.25, 0.3) is 5.78 Å². The van der Waals surface area contributed by atoms with Gasteiger partial charge in [0.25, 0.3) is 5.78 Å². The number of aromatic nitrogens is 4. The van der Waals surface area contributed by atoms with Gasteiger partial charge in [-0.2, -0.15) is 10.1 Å². The predicted molar refractivity (Wildman–Crippen MR) is 79.1 cm³/mol. The van der Waals surface area contributed by atoms with Gasteiger partial charge in [-0.1, -0.05) is 0 Å². The highest BCUT2D eigenvalue weighted by atomic mass is 16.2. The number of likely N-dealkylation sites (tertiary alicyclic amines) is 1. The fourth-order valence-corrected chi connectivity index (χ4v) is 3.03. The minimum atomic E-state index is 0.251. The molecule has 3 rings (SSSR count). The molecule has 0 radical (unpaired) electrons. The zero-order chi connectivity index (χ0) is 15.0. The van der Waals surface area contributed by atoms with Crippen LogP contribution in [0.5, 0.6) is 0 Å². The molecule has 0 aliphatic carbocycles. The summed E-state index contributed by atoms with van der Waals surface area (Å²) in [5, 5.41) is 4.37. The summed E-state index contributed by atoms with van der Waals surface area (Å²) in [6, 6.07) is 0. The highest BCUT2D eigenvalue weighted by Crippen LogP contribution is 2.17. The fourth-order valence-electron chi connectivity index (χ4n) is 3.03. The van der Waals surface area contributed by atoms with Crippen LogP contribution in [0.3, 0.4) is 0 Å². The smallest absolute Gasteiger partial charge is 0.252 e. The summed E-state index contributed by atoms with van der Waals surface area (Å²) >= 11 is 0. The second kappa shape index (κ2) is 5.42. The Balaban J connectivity index is 1.81. The van der Waals surface area contributed by atoms with Crippen molar-refractivity contribution >= 4 is 11.7 Å². The molecule has 0 bridgehead atoms. The van der Waals surface area contributed by atoms with E-state index < -0.39 is 0 Å². The molecule has 0 atom stereocenters. The first-order chi connectivity index (χ1) is 10.1. The average molecular weight is 287 g/mol. The Morgan fingerprint density at radius 2 is 1.86 bits per heavy atom. The summed E-state index contributed by atoms with van der Waals surface area (Å²) in [7, 11) is 0. The van der Waals surface area contributed by atoms with Gasteiger partial charge in [0.15, 0.2) is 0 Å². The first-order valence-corrected chi connectivity index (χ1v) is 7.53. The summed E-state index contributed by atoms with van der Waals surface area (Å²) in [5.41, 5.74) is 3.09. The molecule has 0 N–H and O–H groups in total. The topological polar surface area (TPSA) is 63.4 Å². The summed E-state index contributed by atoms with van der Waals surface area (Å²) in [4.78, 5) is 22.9. The number of amides is 1. The second-order valence-electron chi connectivity index (χ2n) is 5.72. The Bertz CT molecular complexity index is 685. The number of rotatable bonds is 3. The Hall–Kier alpha value is -1.98. The fraction of sp³-hybridized carbons (Fsp3) is 0.600. The summed E-state index contributed by atoms with van der Waals surface area (Å²) in [6.07, 6.45) is 3.53. The highest BCUT2D eigenvalue weighted by Gasteiger charge is 2.19. The Morgan fingerprint density at radius 1 is 1.14 bits per heavy atom. The van der Waals surface area contributed by atoms with Crippen molar-refractivity contribution in [3.63, 3.8) is 0 Å². The molecule has 6 heteroatoms. The van der Waals surface area contributed by atoms with Gasteiger partial charge in [-0.25, -0.2) is 9.50 Å². The van der Waals surface area contributed by atoms with Crippen LogP contribution in [0, 0.1) is 20.8 Å². The number of hydrogen-bond donors (Lipinski definition) is 0. The summed E-state index contributed by atoms with van der Waals surface area (Å²) in [6.45, 7) is 7.69. The van der Waals surface area contributed by atoms with Crippen LogP contribution < -0.4 is 0 Å². The van der Waals surface area contributed by atoms with Crippen molar-refractivity contribution < 1.29 is 4.79 Å². The average Bonchev–Trinajstić information content (AvgIpc) is 3.07. The molecule has 6 nitrogen and oxygen atoms in total. The minimum absolute atomic E-state index is 0.251. The number of carbonyl (C=O) groups is 1. The largest absolute Gasteiger partial charge is 0.343 e. The van der Waals surface area contributed by atoms with Gasteiger partial charge in [-0.3, -0.25) is 4.79 Å². The van der Waals surface area contributed by atoms with Crippen LogP contribution in [0.4, 0.5) is 0 Å². The van der Waals surface area contributed by atoms with E-state index >= 15 is 0 Å². The predicted octanol–water partition coefficient (Wildman–Crippen LogP) is 1.60. The Kier molecular flexibility index (Phi) is 3.61. The zero-order valence-corrected chi connectivity index (χ0v) is 12.9. The molecule has 0 spiro atoms. The zero-order valence-electron chi connectivity index (χ0n) is 12.9. The molecule has 112 valence electrons. The third-order valence-corrected chi connectivity index (χ3v) is 4.20. The van der Waals surface area contributed by atoms with Gasteiger partial charge in [0, 0.05) is 30.9 Å². The lowest BCUT2D eigenvalue weighted by molar-refractivity contribution is -0.130.